The number of carbonyl (C=O) groups is 4. The molecule has 0 bridgehead atoms. The van der Waals surface area contributed by atoms with Crippen molar-refractivity contribution in [2.75, 3.05) is 4.90 Å². The van der Waals surface area contributed by atoms with Crippen molar-refractivity contribution < 1.29 is 39.6 Å². The average Bonchev–Trinajstić information content (AvgIpc) is 2.92. The normalized spacial score (nSPS) is 15.0. The number of imide groups is 2. The van der Waals surface area contributed by atoms with Gasteiger partial charge in [0, 0.05) is 5.56 Å². The highest BCUT2D eigenvalue weighted by Gasteiger charge is 2.36. The topological polar surface area (TPSA) is 219 Å². The highest BCUT2D eigenvalue weighted by molar-refractivity contribution is 6.37. The average molecular weight is 560 g/mol. The summed E-state index contributed by atoms with van der Waals surface area (Å²) in [4.78, 5) is 75.8. The maximum atomic E-state index is 12.9. The number of hydrogen-bond donors (Lipinski definition) is 6. The molecule has 1 saturated heterocycles. The molecular formula is C27H20N4O10. The molecule has 1 fully saturated rings. The Bertz CT molecular complexity index is 1760. The number of nitrogens with one attached hydrogen (secondary N) is 2. The molecule has 1 aliphatic heterocycles. The van der Waals surface area contributed by atoms with E-state index in [4.69, 9.17) is 5.11 Å². The number of carboxylic acid groups (broad SMARTS) is 1. The molecule has 14 heteroatoms. The van der Waals surface area contributed by atoms with Crippen molar-refractivity contribution in [2.45, 2.75) is 6.29 Å². The maximum Gasteiger partial charge on any atom is 0.335 e. The molecule has 0 radical (unpaired) electrons. The van der Waals surface area contributed by atoms with Crippen LogP contribution in [0.5, 0.6) is 5.88 Å². The number of urea groups is 1. The van der Waals surface area contributed by atoms with E-state index < -0.39 is 52.8 Å². The van der Waals surface area contributed by atoms with Crippen LogP contribution in [0.4, 0.5) is 10.5 Å². The van der Waals surface area contributed by atoms with E-state index in [-0.39, 0.29) is 28.1 Å². The Morgan fingerprint density at radius 1 is 0.854 bits per heavy atom. The summed E-state index contributed by atoms with van der Waals surface area (Å²) in [5.41, 5.74) is -2.36. The fourth-order valence-corrected chi connectivity index (χ4v) is 3.76. The first-order valence-electron chi connectivity index (χ1n) is 11.6. The third-order valence-corrected chi connectivity index (χ3v) is 5.79. The lowest BCUT2D eigenvalue weighted by molar-refractivity contribution is -0.122. The van der Waals surface area contributed by atoms with Crippen molar-refractivity contribution in [3.8, 4) is 11.6 Å². The van der Waals surface area contributed by atoms with Gasteiger partial charge in [-0.25, -0.2) is 23.9 Å². The van der Waals surface area contributed by atoms with E-state index in [1.807, 2.05) is 10.3 Å². The van der Waals surface area contributed by atoms with Crippen LogP contribution in [0.2, 0.25) is 0 Å². The second-order valence-corrected chi connectivity index (χ2v) is 8.37. The number of aliphatic hydroxyl groups excluding tert-OH is 1. The van der Waals surface area contributed by atoms with Crippen molar-refractivity contribution in [1.29, 1.82) is 0 Å². The van der Waals surface area contributed by atoms with Gasteiger partial charge >= 0.3 is 17.7 Å². The molecule has 0 atom stereocenters. The van der Waals surface area contributed by atoms with E-state index in [1.54, 1.807) is 0 Å². The zero-order valence-electron chi connectivity index (χ0n) is 20.7. The summed E-state index contributed by atoms with van der Waals surface area (Å²) in [5, 5.41) is 40.1. The van der Waals surface area contributed by atoms with E-state index in [2.05, 4.69) is 0 Å². The number of anilines is 1. The van der Waals surface area contributed by atoms with Crippen LogP contribution in [-0.4, -0.2) is 53.8 Å². The minimum Gasteiger partial charge on any atom is -0.494 e. The Kier molecular flexibility index (Phi) is 7.89. The minimum atomic E-state index is -1.75. The van der Waals surface area contributed by atoms with Crippen LogP contribution < -0.4 is 21.5 Å². The highest BCUT2D eigenvalue weighted by Crippen LogP contribution is 2.23. The van der Waals surface area contributed by atoms with Crippen molar-refractivity contribution in [3.63, 3.8) is 0 Å². The van der Waals surface area contributed by atoms with Crippen LogP contribution in [0.1, 0.15) is 27.8 Å². The summed E-state index contributed by atoms with van der Waals surface area (Å²) in [6.07, 6.45) is 4.35. The number of aliphatic hydroxyl groups is 2. The zero-order valence-corrected chi connectivity index (χ0v) is 20.7. The molecule has 2 heterocycles. The predicted octanol–water partition coefficient (Wildman–Crippen LogP) is 0.692. The molecule has 1 aromatic heterocycles. The summed E-state index contributed by atoms with van der Waals surface area (Å²) < 4.78 is 0.767. The van der Waals surface area contributed by atoms with E-state index >= 15 is 0 Å². The van der Waals surface area contributed by atoms with Gasteiger partial charge in [-0.1, -0.05) is 30.4 Å². The quantitative estimate of drug-likeness (QED) is 0.103. The first-order valence-corrected chi connectivity index (χ1v) is 11.6. The lowest BCUT2D eigenvalue weighted by Gasteiger charge is -2.26. The summed E-state index contributed by atoms with van der Waals surface area (Å²) in [7, 11) is 0. The van der Waals surface area contributed by atoms with E-state index in [9.17, 15) is 44.1 Å². The minimum absolute atomic E-state index is 0.0536. The van der Waals surface area contributed by atoms with Crippen LogP contribution in [0.3, 0.4) is 0 Å². The molecule has 0 saturated carbocycles. The first kappa shape index (κ1) is 28.2. The molecule has 0 spiro atoms. The van der Waals surface area contributed by atoms with Gasteiger partial charge < -0.3 is 20.4 Å². The lowest BCUT2D eigenvalue weighted by atomic mass is 10.1. The summed E-state index contributed by atoms with van der Waals surface area (Å²) >= 11 is 0. The standard InChI is InChI=1S/C27H20N4O10/c32-20-18(22(34)30(26(40)28-20)16-10-6-14(7-11-16)24(36)37)4-2-1-3-5-19-21(33)29-27(41)31(23(19)35)17-12-8-15(9-13-17)25(38)39/h1-13,24,35-37H,(H,38,39)(H,28,32,40)(H,29,33,41)/b2-1+,5-3+,18-4-. The van der Waals surface area contributed by atoms with Crippen LogP contribution in [0, 0.1) is 0 Å². The van der Waals surface area contributed by atoms with Gasteiger partial charge in [0.15, 0.2) is 6.29 Å². The van der Waals surface area contributed by atoms with Gasteiger partial charge in [0.2, 0.25) is 5.88 Å². The Morgan fingerprint density at radius 3 is 2.10 bits per heavy atom. The molecule has 3 aromatic rings. The van der Waals surface area contributed by atoms with Crippen LogP contribution in [-0.2, 0) is 9.59 Å². The number of allylic oxidation sites excluding steroid dienone is 4. The number of benzene rings is 2. The van der Waals surface area contributed by atoms with Gasteiger partial charge in [-0.3, -0.25) is 24.7 Å². The van der Waals surface area contributed by atoms with E-state index in [0.717, 1.165) is 16.7 Å². The smallest absolute Gasteiger partial charge is 0.335 e. The number of aromatic hydroxyl groups is 1. The molecule has 4 amide bonds. The Morgan fingerprint density at radius 2 is 1.49 bits per heavy atom. The Hall–Kier alpha value is -5.86. The summed E-state index contributed by atoms with van der Waals surface area (Å²) in [6.45, 7) is 0. The lowest BCUT2D eigenvalue weighted by Crippen LogP contribution is -2.54. The molecule has 2 aromatic carbocycles. The Labute approximate surface area is 229 Å². The maximum absolute atomic E-state index is 12.9. The fraction of sp³-hybridized carbons (Fsp3) is 0.0370. The number of H-pyrrole nitrogens is 1. The largest absolute Gasteiger partial charge is 0.494 e. The van der Waals surface area contributed by atoms with Gasteiger partial charge in [-0.2, -0.15) is 0 Å². The van der Waals surface area contributed by atoms with Crippen molar-refractivity contribution in [3.05, 3.63) is 116 Å². The van der Waals surface area contributed by atoms with Crippen molar-refractivity contribution in [1.82, 2.24) is 14.9 Å². The molecule has 208 valence electrons. The number of aromatic carboxylic acids is 1. The number of barbiturate groups is 1. The van der Waals surface area contributed by atoms with Crippen molar-refractivity contribution >= 4 is 35.6 Å². The highest BCUT2D eigenvalue weighted by atomic mass is 16.5. The molecule has 0 unspecified atom stereocenters. The number of aromatic amines is 1. The van der Waals surface area contributed by atoms with Crippen LogP contribution in [0.15, 0.2) is 88.0 Å². The second kappa shape index (κ2) is 11.5. The number of hydrogen-bond acceptors (Lipinski definition) is 9. The van der Waals surface area contributed by atoms with E-state index in [0.29, 0.717) is 4.90 Å². The predicted molar refractivity (Wildman–Crippen MR) is 142 cm³/mol. The molecule has 41 heavy (non-hydrogen) atoms. The van der Waals surface area contributed by atoms with Crippen molar-refractivity contribution in [2.24, 2.45) is 0 Å². The molecule has 1 aliphatic rings. The zero-order chi connectivity index (χ0) is 29.8. The Balaban J connectivity index is 1.57. The van der Waals surface area contributed by atoms with Gasteiger partial charge in [0.1, 0.15) is 11.1 Å². The fourth-order valence-electron chi connectivity index (χ4n) is 3.76. The number of carboxylic acids is 1. The summed E-state index contributed by atoms with van der Waals surface area (Å²) in [6, 6.07) is 9.14. The number of carbonyl (C=O) groups excluding carboxylic acids is 3. The second-order valence-electron chi connectivity index (χ2n) is 8.37. The van der Waals surface area contributed by atoms with Gasteiger partial charge in [0.25, 0.3) is 17.4 Å². The number of nitrogens with zero attached hydrogens (tertiary/aromatic N) is 2. The number of aromatic nitrogens is 2. The third kappa shape index (κ3) is 5.78. The molecule has 0 aliphatic carbocycles. The first-order chi connectivity index (χ1) is 19.5. The van der Waals surface area contributed by atoms with Crippen LogP contribution >= 0.6 is 0 Å². The van der Waals surface area contributed by atoms with E-state index in [1.165, 1.54) is 66.8 Å². The van der Waals surface area contributed by atoms with Gasteiger partial charge in [0.05, 0.1) is 16.9 Å². The monoisotopic (exact) mass is 560 g/mol. The number of amides is 4. The molecular weight excluding hydrogens is 540 g/mol. The molecule has 14 nitrogen and oxygen atoms in total. The van der Waals surface area contributed by atoms with Crippen LogP contribution in [0.25, 0.3) is 11.8 Å². The van der Waals surface area contributed by atoms with Gasteiger partial charge in [-0.05, 0) is 48.6 Å². The number of rotatable bonds is 7. The molecule has 6 N–H and O–H groups in total. The molecule has 4 rings (SSSR count). The summed E-state index contributed by atoms with van der Waals surface area (Å²) in [5.74, 6) is -3.81. The third-order valence-electron chi connectivity index (χ3n) is 5.79. The SMILES string of the molecule is O=C1NC(=O)N(c2ccc(C(O)O)cc2)C(=O)\C1=C/C=C/C=C/c1c(O)n(-c2ccc(C(=O)O)cc2)c(=O)[nH]c1=O. The van der Waals surface area contributed by atoms with Gasteiger partial charge in [-0.15, -0.1) is 0 Å².